The van der Waals surface area contributed by atoms with Crippen molar-refractivity contribution in [3.8, 4) is 0 Å². The first-order valence-electron chi connectivity index (χ1n) is 5.63. The van der Waals surface area contributed by atoms with E-state index in [0.29, 0.717) is 12.5 Å². The fourth-order valence-electron chi connectivity index (χ4n) is 1.48. The van der Waals surface area contributed by atoms with Crippen molar-refractivity contribution in [1.82, 2.24) is 5.32 Å². The molecule has 0 aliphatic heterocycles. The van der Waals surface area contributed by atoms with Crippen LogP contribution in [-0.4, -0.2) is 18.5 Å². The van der Waals surface area contributed by atoms with Gasteiger partial charge >= 0.3 is 0 Å². The Bertz CT molecular complexity index is 419. The molecule has 0 spiro atoms. The molecule has 1 aliphatic carbocycles. The zero-order chi connectivity index (χ0) is 12.3. The van der Waals surface area contributed by atoms with Gasteiger partial charge in [0.1, 0.15) is 0 Å². The number of carbonyl (C=O) groups is 1. The van der Waals surface area contributed by atoms with E-state index in [-0.39, 0.29) is 5.91 Å². The Morgan fingerprint density at radius 2 is 2.12 bits per heavy atom. The van der Waals surface area contributed by atoms with Gasteiger partial charge in [0.2, 0.25) is 5.91 Å². The molecule has 1 saturated carbocycles. The summed E-state index contributed by atoms with van der Waals surface area (Å²) in [5.41, 5.74) is 0.810. The van der Waals surface area contributed by atoms with Crippen molar-refractivity contribution in [3.63, 3.8) is 0 Å². The zero-order valence-electron chi connectivity index (χ0n) is 9.30. The van der Waals surface area contributed by atoms with Crippen molar-refractivity contribution in [2.24, 2.45) is 0 Å². The Balaban J connectivity index is 1.79. The van der Waals surface area contributed by atoms with Gasteiger partial charge in [-0.3, -0.25) is 4.79 Å². The summed E-state index contributed by atoms with van der Waals surface area (Å²) in [6, 6.07) is 6.35. The molecule has 1 aliphatic rings. The van der Waals surface area contributed by atoms with Gasteiger partial charge in [-0.1, -0.05) is 15.9 Å². The lowest BCUT2D eigenvalue weighted by molar-refractivity contribution is -0.116. The third-order valence-electron chi connectivity index (χ3n) is 2.57. The summed E-state index contributed by atoms with van der Waals surface area (Å²) in [7, 11) is 0. The van der Waals surface area contributed by atoms with Crippen LogP contribution in [-0.2, 0) is 4.79 Å². The maximum atomic E-state index is 11.7. The summed E-state index contributed by atoms with van der Waals surface area (Å²) in [4.78, 5) is 11.7. The Labute approximate surface area is 118 Å². The molecule has 0 radical (unpaired) electrons. The van der Waals surface area contributed by atoms with Crippen molar-refractivity contribution < 1.29 is 4.79 Å². The third kappa shape index (κ3) is 4.41. The predicted molar refractivity (Wildman–Crippen MR) is 76.1 cm³/mol. The summed E-state index contributed by atoms with van der Waals surface area (Å²) in [6.07, 6.45) is 3.01. The predicted octanol–water partition coefficient (Wildman–Crippen LogP) is 3.29. The molecule has 0 atom stereocenters. The second-order valence-electron chi connectivity index (χ2n) is 4.15. The number of carbonyl (C=O) groups excluding carboxylic acids is 1. The third-order valence-corrected chi connectivity index (χ3v) is 3.72. The SMILES string of the molecule is O=C(CCNC1CC1)Nc1ccc(Br)cc1Br. The van der Waals surface area contributed by atoms with E-state index in [0.717, 1.165) is 21.2 Å². The van der Waals surface area contributed by atoms with E-state index < -0.39 is 0 Å². The first-order valence-corrected chi connectivity index (χ1v) is 7.22. The van der Waals surface area contributed by atoms with Crippen LogP contribution in [0.2, 0.25) is 0 Å². The molecule has 2 N–H and O–H groups in total. The van der Waals surface area contributed by atoms with Crippen molar-refractivity contribution >= 4 is 43.5 Å². The molecule has 1 aromatic carbocycles. The fraction of sp³-hybridized carbons (Fsp3) is 0.417. The molecule has 2 rings (SSSR count). The van der Waals surface area contributed by atoms with Crippen LogP contribution in [0.15, 0.2) is 27.1 Å². The standard InChI is InChI=1S/C12H14Br2N2O/c13-8-1-4-11(10(14)7-8)16-12(17)5-6-15-9-2-3-9/h1,4,7,9,15H,2-3,5-6H2,(H,16,17). The molecule has 1 amide bonds. The van der Waals surface area contributed by atoms with Gasteiger partial charge < -0.3 is 10.6 Å². The number of halogens is 2. The fourth-order valence-corrected chi connectivity index (χ4v) is 2.63. The monoisotopic (exact) mass is 360 g/mol. The Morgan fingerprint density at radius 1 is 1.35 bits per heavy atom. The summed E-state index contributed by atoms with van der Waals surface area (Å²) < 4.78 is 1.87. The number of nitrogens with one attached hydrogen (secondary N) is 2. The molecular formula is C12H14Br2N2O. The van der Waals surface area contributed by atoms with E-state index in [9.17, 15) is 4.79 Å². The van der Waals surface area contributed by atoms with Gasteiger partial charge in [0.15, 0.2) is 0 Å². The van der Waals surface area contributed by atoms with Gasteiger partial charge in [-0.2, -0.15) is 0 Å². The Kier molecular flexibility index (Phi) is 4.59. The average Bonchev–Trinajstić information content (AvgIpc) is 3.06. The number of hydrogen-bond donors (Lipinski definition) is 2. The minimum absolute atomic E-state index is 0.0428. The minimum Gasteiger partial charge on any atom is -0.325 e. The number of rotatable bonds is 5. The van der Waals surface area contributed by atoms with Crippen LogP contribution in [0.5, 0.6) is 0 Å². The molecular weight excluding hydrogens is 348 g/mol. The van der Waals surface area contributed by atoms with E-state index in [1.807, 2.05) is 18.2 Å². The first-order chi connectivity index (χ1) is 8.15. The normalized spacial score (nSPS) is 14.7. The van der Waals surface area contributed by atoms with E-state index in [2.05, 4.69) is 42.5 Å². The van der Waals surface area contributed by atoms with Crippen LogP contribution < -0.4 is 10.6 Å². The van der Waals surface area contributed by atoms with E-state index in [4.69, 9.17) is 0 Å². The number of anilines is 1. The van der Waals surface area contributed by atoms with E-state index in [1.165, 1.54) is 12.8 Å². The largest absolute Gasteiger partial charge is 0.325 e. The summed E-state index contributed by atoms with van der Waals surface area (Å²) in [5, 5.41) is 6.20. The maximum absolute atomic E-state index is 11.7. The van der Waals surface area contributed by atoms with Gasteiger partial charge in [-0.05, 0) is 47.0 Å². The highest BCUT2D eigenvalue weighted by Gasteiger charge is 2.20. The van der Waals surface area contributed by atoms with Crippen LogP contribution in [0.3, 0.4) is 0 Å². The lowest BCUT2D eigenvalue weighted by atomic mass is 10.3. The van der Waals surface area contributed by atoms with E-state index >= 15 is 0 Å². The molecule has 0 heterocycles. The molecule has 1 aromatic rings. The van der Waals surface area contributed by atoms with Crippen molar-refractivity contribution in [3.05, 3.63) is 27.1 Å². The minimum atomic E-state index is 0.0428. The molecule has 5 heteroatoms. The van der Waals surface area contributed by atoms with E-state index in [1.54, 1.807) is 0 Å². The Morgan fingerprint density at radius 3 is 2.76 bits per heavy atom. The highest BCUT2D eigenvalue weighted by Crippen LogP contribution is 2.26. The molecule has 1 fully saturated rings. The molecule has 0 bridgehead atoms. The van der Waals surface area contributed by atoms with Gasteiger partial charge in [-0.25, -0.2) is 0 Å². The quantitative estimate of drug-likeness (QED) is 0.844. The number of hydrogen-bond acceptors (Lipinski definition) is 2. The molecule has 17 heavy (non-hydrogen) atoms. The second kappa shape index (κ2) is 5.98. The second-order valence-corrected chi connectivity index (χ2v) is 5.92. The molecule has 0 saturated heterocycles. The van der Waals surface area contributed by atoms with Crippen LogP contribution in [0.25, 0.3) is 0 Å². The van der Waals surface area contributed by atoms with Crippen molar-refractivity contribution in [1.29, 1.82) is 0 Å². The maximum Gasteiger partial charge on any atom is 0.225 e. The van der Waals surface area contributed by atoms with Crippen LogP contribution in [0, 0.1) is 0 Å². The van der Waals surface area contributed by atoms with Crippen molar-refractivity contribution in [2.75, 3.05) is 11.9 Å². The molecule has 3 nitrogen and oxygen atoms in total. The van der Waals surface area contributed by atoms with Crippen molar-refractivity contribution in [2.45, 2.75) is 25.3 Å². The lowest BCUT2D eigenvalue weighted by Crippen LogP contribution is -2.23. The van der Waals surface area contributed by atoms with Gasteiger partial charge in [-0.15, -0.1) is 0 Å². The zero-order valence-corrected chi connectivity index (χ0v) is 12.5. The average molecular weight is 362 g/mol. The van der Waals surface area contributed by atoms with Crippen LogP contribution in [0.1, 0.15) is 19.3 Å². The van der Waals surface area contributed by atoms with Gasteiger partial charge in [0, 0.05) is 28.0 Å². The molecule has 0 aromatic heterocycles. The van der Waals surface area contributed by atoms with Crippen LogP contribution in [0.4, 0.5) is 5.69 Å². The summed E-state index contributed by atoms with van der Waals surface area (Å²) in [5.74, 6) is 0.0428. The summed E-state index contributed by atoms with van der Waals surface area (Å²) >= 11 is 6.79. The van der Waals surface area contributed by atoms with Gasteiger partial charge in [0.25, 0.3) is 0 Å². The molecule has 0 unspecified atom stereocenters. The smallest absolute Gasteiger partial charge is 0.225 e. The van der Waals surface area contributed by atoms with Crippen LogP contribution >= 0.6 is 31.9 Å². The molecule has 92 valence electrons. The highest BCUT2D eigenvalue weighted by atomic mass is 79.9. The topological polar surface area (TPSA) is 41.1 Å². The lowest BCUT2D eigenvalue weighted by Gasteiger charge is -2.08. The Hall–Kier alpha value is -0.390. The summed E-state index contributed by atoms with van der Waals surface area (Å²) in [6.45, 7) is 0.755. The first kappa shape index (κ1) is 13.1. The highest BCUT2D eigenvalue weighted by molar-refractivity contribution is 9.11. The number of amides is 1. The van der Waals surface area contributed by atoms with Gasteiger partial charge in [0.05, 0.1) is 5.69 Å². The number of benzene rings is 1.